The van der Waals surface area contributed by atoms with E-state index in [4.69, 9.17) is 9.15 Å². The monoisotopic (exact) mass is 340 g/mol. The van der Waals surface area contributed by atoms with Gasteiger partial charge in [0.05, 0.1) is 18.7 Å². The third-order valence-corrected chi connectivity index (χ3v) is 4.03. The summed E-state index contributed by atoms with van der Waals surface area (Å²) < 4.78 is 12.8. The number of ether oxygens (including phenoxy) is 1. The summed E-state index contributed by atoms with van der Waals surface area (Å²) in [5.41, 5.74) is 0. The van der Waals surface area contributed by atoms with Gasteiger partial charge < -0.3 is 18.6 Å². The molecule has 4 rings (SSSR count). The first-order valence-electron chi connectivity index (χ1n) is 7.93. The van der Waals surface area contributed by atoms with Gasteiger partial charge in [-0.2, -0.15) is 0 Å². The van der Waals surface area contributed by atoms with Crippen LogP contribution in [0.5, 0.6) is 5.75 Å². The van der Waals surface area contributed by atoms with Crippen LogP contribution in [0.4, 0.5) is 0 Å². The molecule has 3 aromatic heterocycles. The lowest BCUT2D eigenvalue weighted by Crippen LogP contribution is -2.33. The standard InChI is InChI=1S/C16H16N6O3/c23-16(13-2-1-7-24-13)21-4-3-14-19-20-15(22(14)6-5-21)10-25-12-8-17-11-18-9-12/h1-2,7-9,11H,3-6,10H2. The van der Waals surface area contributed by atoms with Crippen LogP contribution in [0.15, 0.2) is 41.5 Å². The minimum Gasteiger partial charge on any atom is -0.482 e. The van der Waals surface area contributed by atoms with Crippen molar-refractivity contribution in [3.05, 3.63) is 54.5 Å². The Morgan fingerprint density at radius 3 is 2.88 bits per heavy atom. The van der Waals surface area contributed by atoms with Crippen molar-refractivity contribution in [2.24, 2.45) is 0 Å². The molecule has 3 aromatic rings. The lowest BCUT2D eigenvalue weighted by atomic mass is 10.3. The van der Waals surface area contributed by atoms with Gasteiger partial charge in [-0.25, -0.2) is 9.97 Å². The number of carbonyl (C=O) groups is 1. The molecular weight excluding hydrogens is 324 g/mol. The van der Waals surface area contributed by atoms with E-state index in [-0.39, 0.29) is 12.5 Å². The van der Waals surface area contributed by atoms with Crippen LogP contribution in [0.3, 0.4) is 0 Å². The van der Waals surface area contributed by atoms with Crippen molar-refractivity contribution in [2.75, 3.05) is 13.1 Å². The predicted octanol–water partition coefficient (Wildman–Crippen LogP) is 0.939. The smallest absolute Gasteiger partial charge is 0.289 e. The first-order valence-corrected chi connectivity index (χ1v) is 7.93. The molecule has 0 saturated carbocycles. The molecule has 1 amide bonds. The molecular formula is C16H16N6O3. The molecule has 0 unspecified atom stereocenters. The van der Waals surface area contributed by atoms with Crippen LogP contribution in [-0.2, 0) is 19.6 Å². The zero-order valence-electron chi connectivity index (χ0n) is 13.4. The Morgan fingerprint density at radius 1 is 1.20 bits per heavy atom. The minimum atomic E-state index is -0.108. The van der Waals surface area contributed by atoms with Crippen molar-refractivity contribution in [1.29, 1.82) is 0 Å². The van der Waals surface area contributed by atoms with Gasteiger partial charge in [0, 0.05) is 26.1 Å². The van der Waals surface area contributed by atoms with E-state index in [1.165, 1.54) is 12.6 Å². The Kier molecular flexibility index (Phi) is 4.11. The fraction of sp³-hybridized carbons (Fsp3) is 0.312. The van der Waals surface area contributed by atoms with Crippen molar-refractivity contribution in [2.45, 2.75) is 19.6 Å². The molecule has 4 heterocycles. The Balaban J connectivity index is 1.44. The van der Waals surface area contributed by atoms with Crippen molar-refractivity contribution in [1.82, 2.24) is 29.6 Å². The van der Waals surface area contributed by atoms with Crippen LogP contribution in [-0.4, -0.2) is 48.6 Å². The second-order valence-corrected chi connectivity index (χ2v) is 5.57. The molecule has 0 aliphatic carbocycles. The lowest BCUT2D eigenvalue weighted by molar-refractivity contribution is 0.0726. The summed E-state index contributed by atoms with van der Waals surface area (Å²) in [6, 6.07) is 3.39. The summed E-state index contributed by atoms with van der Waals surface area (Å²) >= 11 is 0. The van der Waals surface area contributed by atoms with Crippen molar-refractivity contribution in [3.8, 4) is 5.75 Å². The maximum atomic E-state index is 12.4. The fourth-order valence-corrected chi connectivity index (χ4v) is 2.76. The molecule has 9 nitrogen and oxygen atoms in total. The third-order valence-electron chi connectivity index (χ3n) is 4.03. The highest BCUT2D eigenvalue weighted by Gasteiger charge is 2.24. The third kappa shape index (κ3) is 3.21. The van der Waals surface area contributed by atoms with Crippen LogP contribution < -0.4 is 4.74 Å². The van der Waals surface area contributed by atoms with Gasteiger partial charge in [-0.3, -0.25) is 4.79 Å². The number of carbonyl (C=O) groups excluding carboxylic acids is 1. The molecule has 0 fully saturated rings. The molecule has 0 radical (unpaired) electrons. The van der Waals surface area contributed by atoms with E-state index < -0.39 is 0 Å². The molecule has 0 saturated heterocycles. The Hall–Kier alpha value is -3.23. The van der Waals surface area contributed by atoms with E-state index in [2.05, 4.69) is 20.2 Å². The normalized spacial score (nSPS) is 14.0. The van der Waals surface area contributed by atoms with Crippen LogP contribution >= 0.6 is 0 Å². The van der Waals surface area contributed by atoms with Crippen LogP contribution in [0.25, 0.3) is 0 Å². The SMILES string of the molecule is O=C(c1ccco1)N1CCc2nnc(COc3cncnc3)n2CC1. The molecule has 1 aliphatic rings. The lowest BCUT2D eigenvalue weighted by Gasteiger charge is -2.18. The maximum Gasteiger partial charge on any atom is 0.289 e. The summed E-state index contributed by atoms with van der Waals surface area (Å²) in [6.45, 7) is 2.02. The topological polar surface area (TPSA) is 99.2 Å². The number of furan rings is 1. The summed E-state index contributed by atoms with van der Waals surface area (Å²) in [4.78, 5) is 22.0. The second kappa shape index (κ2) is 6.71. The molecule has 0 N–H and O–H groups in total. The van der Waals surface area contributed by atoms with Crippen LogP contribution in [0.1, 0.15) is 22.2 Å². The van der Waals surface area contributed by atoms with Crippen molar-refractivity contribution < 1.29 is 13.9 Å². The van der Waals surface area contributed by atoms with E-state index in [1.54, 1.807) is 29.4 Å². The van der Waals surface area contributed by atoms with Crippen LogP contribution in [0.2, 0.25) is 0 Å². The van der Waals surface area contributed by atoms with Gasteiger partial charge in [0.1, 0.15) is 18.8 Å². The first-order chi connectivity index (χ1) is 12.3. The van der Waals surface area contributed by atoms with Crippen molar-refractivity contribution >= 4 is 5.91 Å². The number of hydrogen-bond acceptors (Lipinski definition) is 7. The zero-order valence-corrected chi connectivity index (χ0v) is 13.4. The van der Waals surface area contributed by atoms with Gasteiger partial charge in [-0.05, 0) is 12.1 Å². The molecule has 0 bridgehead atoms. The van der Waals surface area contributed by atoms with Gasteiger partial charge in [0.2, 0.25) is 0 Å². The molecule has 0 spiro atoms. The average Bonchev–Trinajstić information content (AvgIpc) is 3.26. The summed E-state index contributed by atoms with van der Waals surface area (Å²) in [5.74, 6) is 2.38. The van der Waals surface area contributed by atoms with E-state index in [0.717, 1.165) is 5.82 Å². The molecule has 0 atom stereocenters. The number of aromatic nitrogens is 5. The average molecular weight is 340 g/mol. The largest absolute Gasteiger partial charge is 0.482 e. The quantitative estimate of drug-likeness (QED) is 0.697. The maximum absolute atomic E-state index is 12.4. The fourth-order valence-electron chi connectivity index (χ4n) is 2.76. The highest BCUT2D eigenvalue weighted by molar-refractivity contribution is 5.91. The van der Waals surface area contributed by atoms with Gasteiger partial charge in [-0.15, -0.1) is 10.2 Å². The van der Waals surface area contributed by atoms with Gasteiger partial charge >= 0.3 is 0 Å². The van der Waals surface area contributed by atoms with Crippen molar-refractivity contribution in [3.63, 3.8) is 0 Å². The van der Waals surface area contributed by atoms with E-state index >= 15 is 0 Å². The Morgan fingerprint density at radius 2 is 2.08 bits per heavy atom. The van der Waals surface area contributed by atoms with Gasteiger partial charge in [-0.1, -0.05) is 0 Å². The molecule has 128 valence electrons. The number of fused-ring (bicyclic) bond motifs is 1. The van der Waals surface area contributed by atoms with E-state index in [1.807, 2.05) is 4.57 Å². The zero-order chi connectivity index (χ0) is 17.1. The van der Waals surface area contributed by atoms with Crippen LogP contribution in [0, 0.1) is 0 Å². The first kappa shape index (κ1) is 15.3. The second-order valence-electron chi connectivity index (χ2n) is 5.57. The number of rotatable bonds is 4. The summed E-state index contributed by atoms with van der Waals surface area (Å²) in [5, 5.41) is 8.43. The minimum absolute atomic E-state index is 0.108. The molecule has 0 aromatic carbocycles. The number of amides is 1. The number of hydrogen-bond donors (Lipinski definition) is 0. The summed E-state index contributed by atoms with van der Waals surface area (Å²) in [6.07, 6.45) is 6.77. The summed E-state index contributed by atoms with van der Waals surface area (Å²) in [7, 11) is 0. The molecule has 9 heteroatoms. The number of nitrogens with zero attached hydrogens (tertiary/aromatic N) is 6. The van der Waals surface area contributed by atoms with Gasteiger partial charge in [0.15, 0.2) is 17.3 Å². The van der Waals surface area contributed by atoms with Gasteiger partial charge in [0.25, 0.3) is 5.91 Å². The highest BCUT2D eigenvalue weighted by atomic mass is 16.5. The molecule has 1 aliphatic heterocycles. The van der Waals surface area contributed by atoms with E-state index in [9.17, 15) is 4.79 Å². The molecule has 25 heavy (non-hydrogen) atoms. The Bertz CT molecular complexity index is 846. The highest BCUT2D eigenvalue weighted by Crippen LogP contribution is 2.14. The van der Waals surface area contributed by atoms with E-state index in [0.29, 0.717) is 43.4 Å². The predicted molar refractivity (Wildman–Crippen MR) is 84.7 cm³/mol. The Labute approximate surface area is 143 Å².